The molecule has 5 rings (SSSR count). The van der Waals surface area contributed by atoms with Crippen LogP contribution < -0.4 is 5.32 Å². The number of carbonyl (C=O) groups is 1. The van der Waals surface area contributed by atoms with Crippen LogP contribution in [0.25, 0.3) is 5.69 Å². The van der Waals surface area contributed by atoms with Gasteiger partial charge in [0.15, 0.2) is 5.78 Å². The summed E-state index contributed by atoms with van der Waals surface area (Å²) < 4.78 is 1.80. The Morgan fingerprint density at radius 3 is 2.36 bits per heavy atom. The molecule has 1 N–H and O–H groups in total. The van der Waals surface area contributed by atoms with Crippen LogP contribution in [0, 0.1) is 12.8 Å². The van der Waals surface area contributed by atoms with Crippen molar-refractivity contribution >= 4 is 5.78 Å². The highest BCUT2D eigenvalue weighted by Gasteiger charge is 2.24. The number of rotatable bonds is 10. The first kappa shape index (κ1) is 27.1. The van der Waals surface area contributed by atoms with E-state index in [1.165, 1.54) is 35.1 Å². The summed E-state index contributed by atoms with van der Waals surface area (Å²) in [6, 6.07) is 27.8. The largest absolute Gasteiger partial charge is 0.306 e. The van der Waals surface area contributed by atoms with Crippen molar-refractivity contribution in [1.82, 2.24) is 15.1 Å². The second-order valence-electron chi connectivity index (χ2n) is 12.1. The van der Waals surface area contributed by atoms with Gasteiger partial charge in [-0.2, -0.15) is 5.10 Å². The molecule has 0 radical (unpaired) electrons. The molecule has 0 spiro atoms. The topological polar surface area (TPSA) is 46.9 Å². The van der Waals surface area contributed by atoms with Gasteiger partial charge in [0, 0.05) is 6.42 Å². The third-order valence-electron chi connectivity index (χ3n) is 7.75. The predicted molar refractivity (Wildman–Crippen MR) is 160 cm³/mol. The van der Waals surface area contributed by atoms with Gasteiger partial charge in [0.25, 0.3) is 0 Å². The number of carbonyl (C=O) groups excluding carboxylic acids is 1. The van der Waals surface area contributed by atoms with Crippen LogP contribution in [0.5, 0.6) is 0 Å². The Balaban J connectivity index is 1.40. The van der Waals surface area contributed by atoms with E-state index in [2.05, 4.69) is 98.8 Å². The molecule has 0 bridgehead atoms. The van der Waals surface area contributed by atoms with E-state index in [1.807, 2.05) is 25.1 Å². The molecule has 1 heterocycles. The molecular weight excluding hydrogens is 478 g/mol. The lowest BCUT2D eigenvalue weighted by Crippen LogP contribution is -2.25. The van der Waals surface area contributed by atoms with E-state index < -0.39 is 0 Å². The first-order valence-corrected chi connectivity index (χ1v) is 14.3. The Hall–Kier alpha value is -3.50. The lowest BCUT2D eigenvalue weighted by Gasteiger charge is -2.23. The number of benzene rings is 3. The number of ketones is 1. The maximum Gasteiger partial charge on any atom is 0.185 e. The van der Waals surface area contributed by atoms with E-state index in [9.17, 15) is 4.79 Å². The van der Waals surface area contributed by atoms with Gasteiger partial charge in [-0.05, 0) is 90.1 Å². The normalized spacial score (nSPS) is 14.4. The molecule has 1 atom stereocenters. The Morgan fingerprint density at radius 1 is 0.949 bits per heavy atom. The summed E-state index contributed by atoms with van der Waals surface area (Å²) in [6.07, 6.45) is 3.90. The van der Waals surface area contributed by atoms with E-state index >= 15 is 0 Å². The van der Waals surface area contributed by atoms with Gasteiger partial charge in [0.2, 0.25) is 0 Å². The maximum absolute atomic E-state index is 13.6. The Morgan fingerprint density at radius 2 is 1.67 bits per heavy atom. The summed E-state index contributed by atoms with van der Waals surface area (Å²) in [5.41, 5.74) is 8.58. The standard InChI is InChI=1S/C35H41N3O/c1-6-25-9-8-12-31(21-25)38-32(19-24(2)37-38)33(39)22-27-10-7-11-29(20-27)34(36-23-26-13-14-26)28-15-17-30(18-16-28)35(3,4)5/h7-12,15-21,26,34,36H,6,13-14,22-23H2,1-5H3. The number of hydrogen-bond donors (Lipinski definition) is 1. The molecule has 1 aliphatic carbocycles. The van der Waals surface area contributed by atoms with Crippen LogP contribution >= 0.6 is 0 Å². The summed E-state index contributed by atoms with van der Waals surface area (Å²) in [6.45, 7) is 11.8. The molecular formula is C35H41N3O. The van der Waals surface area contributed by atoms with E-state index in [1.54, 1.807) is 4.68 Å². The Bertz CT molecular complexity index is 1440. The fourth-order valence-corrected chi connectivity index (χ4v) is 5.17. The number of hydrogen-bond acceptors (Lipinski definition) is 3. The molecule has 4 aromatic rings. The van der Waals surface area contributed by atoms with Crippen molar-refractivity contribution in [2.45, 2.75) is 71.8 Å². The van der Waals surface area contributed by atoms with Crippen molar-refractivity contribution in [3.05, 3.63) is 118 Å². The maximum atomic E-state index is 13.6. The molecule has 1 aliphatic rings. The third kappa shape index (κ3) is 6.57. The second kappa shape index (κ2) is 11.3. The highest BCUT2D eigenvalue weighted by molar-refractivity contribution is 5.96. The van der Waals surface area contributed by atoms with Crippen molar-refractivity contribution in [2.24, 2.45) is 5.92 Å². The highest BCUT2D eigenvalue weighted by atomic mass is 16.1. The van der Waals surface area contributed by atoms with Gasteiger partial charge in [-0.1, -0.05) is 88.4 Å². The van der Waals surface area contributed by atoms with Crippen LogP contribution in [0.4, 0.5) is 0 Å². The molecule has 0 aliphatic heterocycles. The van der Waals surface area contributed by atoms with E-state index in [0.717, 1.165) is 35.8 Å². The average molecular weight is 520 g/mol. The fraction of sp³-hybridized carbons (Fsp3) is 0.371. The van der Waals surface area contributed by atoms with Crippen LogP contribution in [-0.4, -0.2) is 22.1 Å². The van der Waals surface area contributed by atoms with Gasteiger partial charge in [0.05, 0.1) is 17.4 Å². The molecule has 0 saturated heterocycles. The van der Waals surface area contributed by atoms with Gasteiger partial charge in [-0.15, -0.1) is 0 Å². The van der Waals surface area contributed by atoms with Crippen LogP contribution in [0.1, 0.15) is 90.6 Å². The monoisotopic (exact) mass is 519 g/mol. The van der Waals surface area contributed by atoms with Crippen molar-refractivity contribution in [2.75, 3.05) is 6.54 Å². The first-order chi connectivity index (χ1) is 18.7. The number of aryl methyl sites for hydroxylation is 2. The minimum absolute atomic E-state index is 0.0756. The van der Waals surface area contributed by atoms with Crippen LogP contribution in [0.3, 0.4) is 0 Å². The smallest absolute Gasteiger partial charge is 0.185 e. The minimum Gasteiger partial charge on any atom is -0.306 e. The Labute approximate surface area is 233 Å². The number of nitrogens with zero attached hydrogens (tertiary/aromatic N) is 2. The number of Topliss-reactive ketones (excluding diaryl/α,β-unsaturated/α-hetero) is 1. The molecule has 0 amide bonds. The summed E-state index contributed by atoms with van der Waals surface area (Å²) in [5.74, 6) is 0.854. The molecule has 4 heteroatoms. The van der Waals surface area contributed by atoms with Gasteiger partial charge in [0.1, 0.15) is 5.69 Å². The van der Waals surface area contributed by atoms with E-state index in [4.69, 9.17) is 0 Å². The minimum atomic E-state index is 0.0756. The molecule has 202 valence electrons. The van der Waals surface area contributed by atoms with Gasteiger partial charge in [-0.3, -0.25) is 4.79 Å². The lowest BCUT2D eigenvalue weighted by molar-refractivity contribution is 0.0985. The number of aromatic nitrogens is 2. The summed E-state index contributed by atoms with van der Waals surface area (Å²) in [7, 11) is 0. The van der Waals surface area contributed by atoms with Crippen LogP contribution in [0.2, 0.25) is 0 Å². The zero-order valence-corrected chi connectivity index (χ0v) is 24.0. The fourth-order valence-electron chi connectivity index (χ4n) is 5.17. The van der Waals surface area contributed by atoms with Crippen molar-refractivity contribution < 1.29 is 4.79 Å². The first-order valence-electron chi connectivity index (χ1n) is 14.3. The quantitative estimate of drug-likeness (QED) is 0.220. The third-order valence-corrected chi connectivity index (χ3v) is 7.75. The van der Waals surface area contributed by atoms with Gasteiger partial charge >= 0.3 is 0 Å². The SMILES string of the molecule is CCc1cccc(-n2nc(C)cc2C(=O)Cc2cccc(C(NCC3CC3)c3ccc(C(C)(C)C)cc3)c2)c1. The Kier molecular flexibility index (Phi) is 7.86. The average Bonchev–Trinajstić information content (AvgIpc) is 3.67. The molecule has 1 saturated carbocycles. The van der Waals surface area contributed by atoms with E-state index in [0.29, 0.717) is 12.1 Å². The summed E-state index contributed by atoms with van der Waals surface area (Å²) in [4.78, 5) is 13.6. The predicted octanol–water partition coefficient (Wildman–Crippen LogP) is 7.56. The van der Waals surface area contributed by atoms with Crippen molar-refractivity contribution in [3.63, 3.8) is 0 Å². The van der Waals surface area contributed by atoms with Gasteiger partial charge < -0.3 is 5.32 Å². The molecule has 39 heavy (non-hydrogen) atoms. The molecule has 1 aromatic heterocycles. The summed E-state index contributed by atoms with van der Waals surface area (Å²) >= 11 is 0. The summed E-state index contributed by atoms with van der Waals surface area (Å²) in [5, 5.41) is 8.49. The van der Waals surface area contributed by atoms with Crippen molar-refractivity contribution in [3.8, 4) is 5.69 Å². The van der Waals surface area contributed by atoms with Crippen LogP contribution in [-0.2, 0) is 18.3 Å². The lowest BCUT2D eigenvalue weighted by atomic mass is 9.85. The van der Waals surface area contributed by atoms with E-state index in [-0.39, 0.29) is 17.2 Å². The highest BCUT2D eigenvalue weighted by Crippen LogP contribution is 2.31. The second-order valence-corrected chi connectivity index (χ2v) is 12.1. The number of nitrogens with one attached hydrogen (secondary N) is 1. The van der Waals surface area contributed by atoms with Gasteiger partial charge in [-0.25, -0.2) is 4.68 Å². The molecule has 4 nitrogen and oxygen atoms in total. The zero-order chi connectivity index (χ0) is 27.6. The van der Waals surface area contributed by atoms with Crippen LogP contribution in [0.15, 0.2) is 78.9 Å². The molecule has 3 aromatic carbocycles. The molecule has 1 unspecified atom stereocenters. The zero-order valence-electron chi connectivity index (χ0n) is 24.0. The van der Waals surface area contributed by atoms with Crippen molar-refractivity contribution in [1.29, 1.82) is 0 Å². The molecule has 1 fully saturated rings.